The molecule has 0 unspecified atom stereocenters. The molecule has 4 rings (SSSR count). The van der Waals surface area contributed by atoms with E-state index in [4.69, 9.17) is 0 Å². The van der Waals surface area contributed by atoms with E-state index in [0.29, 0.717) is 13.0 Å². The van der Waals surface area contributed by atoms with E-state index >= 15 is 0 Å². The van der Waals surface area contributed by atoms with Gasteiger partial charge in [-0.15, -0.1) is 0 Å². The van der Waals surface area contributed by atoms with Crippen molar-refractivity contribution in [1.82, 2.24) is 14.9 Å². The number of nitro benzene ring substituents is 1. The lowest BCUT2D eigenvalue weighted by molar-refractivity contribution is -0.384. The van der Waals surface area contributed by atoms with E-state index in [1.807, 2.05) is 36.4 Å². The molecule has 1 aromatic heterocycles. The van der Waals surface area contributed by atoms with E-state index in [1.54, 1.807) is 0 Å². The number of hydrogen-bond acceptors (Lipinski definition) is 5. The number of nitrogens with zero attached hydrogens (tertiary/aromatic N) is 3. The lowest BCUT2D eigenvalue weighted by Crippen LogP contribution is -2.33. The summed E-state index contributed by atoms with van der Waals surface area (Å²) < 4.78 is 1.20. The van der Waals surface area contributed by atoms with Crippen molar-refractivity contribution in [1.29, 1.82) is 0 Å². The van der Waals surface area contributed by atoms with Gasteiger partial charge < -0.3 is 5.32 Å². The summed E-state index contributed by atoms with van der Waals surface area (Å²) in [6.45, 7) is 0.259. The van der Waals surface area contributed by atoms with Gasteiger partial charge in [0.25, 0.3) is 11.2 Å². The van der Waals surface area contributed by atoms with E-state index in [0.717, 1.165) is 0 Å². The topological polar surface area (TPSA) is 107 Å². The summed E-state index contributed by atoms with van der Waals surface area (Å²) in [7, 11) is 0. The largest absolute Gasteiger partial charge is 0.355 e. The predicted octanol–water partition coefficient (Wildman–Crippen LogP) is 3.64. The van der Waals surface area contributed by atoms with Crippen molar-refractivity contribution in [3.8, 4) is 0 Å². The summed E-state index contributed by atoms with van der Waals surface area (Å²) >= 11 is 0. The smallest absolute Gasteiger partial charge is 0.271 e. The molecular weight excluding hydrogens is 420 g/mol. The normalized spacial score (nSPS) is 10.9. The number of aromatic nitrogens is 2. The maximum atomic E-state index is 12.7. The first-order chi connectivity index (χ1) is 16.0. The Bertz CT molecular complexity index is 1300. The third-order valence-electron chi connectivity index (χ3n) is 5.49. The van der Waals surface area contributed by atoms with Crippen LogP contribution in [0, 0.1) is 10.1 Å². The van der Waals surface area contributed by atoms with Crippen LogP contribution < -0.4 is 10.9 Å². The number of fused-ring (bicyclic) bond motifs is 1. The zero-order valence-corrected chi connectivity index (χ0v) is 17.8. The number of amides is 1. The van der Waals surface area contributed by atoms with Crippen LogP contribution in [0.3, 0.4) is 0 Å². The van der Waals surface area contributed by atoms with Crippen LogP contribution in [0.5, 0.6) is 0 Å². The first kappa shape index (κ1) is 21.9. The van der Waals surface area contributed by atoms with Crippen molar-refractivity contribution in [2.45, 2.75) is 18.9 Å². The highest BCUT2D eigenvalue weighted by atomic mass is 16.6. The summed E-state index contributed by atoms with van der Waals surface area (Å²) in [6.07, 6.45) is 1.94. The molecule has 0 atom stereocenters. The number of hydrogen-bond donors (Lipinski definition) is 1. The van der Waals surface area contributed by atoms with Crippen LogP contribution in [-0.4, -0.2) is 26.9 Å². The number of non-ortho nitro benzene ring substituents is 1. The van der Waals surface area contributed by atoms with Crippen molar-refractivity contribution < 1.29 is 9.72 Å². The van der Waals surface area contributed by atoms with Crippen LogP contribution in [0.2, 0.25) is 0 Å². The van der Waals surface area contributed by atoms with Crippen LogP contribution in [-0.2, 0) is 11.3 Å². The molecule has 1 amide bonds. The molecule has 33 heavy (non-hydrogen) atoms. The van der Waals surface area contributed by atoms with Gasteiger partial charge in [-0.2, -0.15) is 0 Å². The highest BCUT2D eigenvalue weighted by molar-refractivity contribution is 5.80. The standard InChI is InChI=1S/C25H22N4O4/c30-24(16-28-17-27-23-15-20(29(32)33)11-12-22(23)25(28)31)26-14-13-21(18-7-3-1-4-8-18)19-9-5-2-6-10-19/h1-12,15,17,21H,13-14,16H2,(H,26,30). The van der Waals surface area contributed by atoms with E-state index < -0.39 is 10.5 Å². The lowest BCUT2D eigenvalue weighted by atomic mass is 9.88. The third kappa shape index (κ3) is 5.12. The Morgan fingerprint density at radius 3 is 2.24 bits per heavy atom. The van der Waals surface area contributed by atoms with Gasteiger partial charge in [-0.05, 0) is 23.6 Å². The molecule has 0 bridgehead atoms. The molecule has 0 aliphatic heterocycles. The van der Waals surface area contributed by atoms with Crippen molar-refractivity contribution in [3.05, 3.63) is 117 Å². The van der Waals surface area contributed by atoms with Gasteiger partial charge in [-0.25, -0.2) is 4.98 Å². The number of rotatable bonds is 8. The first-order valence-electron chi connectivity index (χ1n) is 10.5. The minimum absolute atomic E-state index is 0.133. The van der Waals surface area contributed by atoms with E-state index in [1.165, 1.54) is 40.2 Å². The predicted molar refractivity (Wildman–Crippen MR) is 125 cm³/mol. The number of carbonyl (C=O) groups excluding carboxylic acids is 1. The molecule has 0 fully saturated rings. The van der Waals surface area contributed by atoms with Crippen molar-refractivity contribution in [2.75, 3.05) is 6.54 Å². The molecule has 0 radical (unpaired) electrons. The maximum absolute atomic E-state index is 12.7. The Kier molecular flexibility index (Phi) is 6.54. The van der Waals surface area contributed by atoms with E-state index in [-0.39, 0.29) is 35.0 Å². The number of nitro groups is 1. The first-order valence-corrected chi connectivity index (χ1v) is 10.5. The van der Waals surface area contributed by atoms with Crippen molar-refractivity contribution >= 4 is 22.5 Å². The Labute approximate surface area is 189 Å². The molecule has 4 aromatic rings. The Morgan fingerprint density at radius 1 is 1.00 bits per heavy atom. The molecule has 1 N–H and O–H groups in total. The average molecular weight is 442 g/mol. The number of nitrogens with one attached hydrogen (secondary N) is 1. The van der Waals surface area contributed by atoms with Crippen LogP contribution in [0.1, 0.15) is 23.5 Å². The van der Waals surface area contributed by atoms with Crippen LogP contribution in [0.15, 0.2) is 90.0 Å². The molecular formula is C25H22N4O4. The molecule has 0 spiro atoms. The maximum Gasteiger partial charge on any atom is 0.271 e. The number of carbonyl (C=O) groups is 1. The van der Waals surface area contributed by atoms with Crippen LogP contribution >= 0.6 is 0 Å². The van der Waals surface area contributed by atoms with Crippen LogP contribution in [0.25, 0.3) is 10.9 Å². The Hall–Kier alpha value is -4.33. The SMILES string of the molecule is O=C(Cn1cnc2cc([N+](=O)[O-])ccc2c1=O)NCCC(c1ccccc1)c1ccccc1. The zero-order valence-electron chi connectivity index (χ0n) is 17.8. The minimum Gasteiger partial charge on any atom is -0.355 e. The highest BCUT2D eigenvalue weighted by Crippen LogP contribution is 2.27. The van der Waals surface area contributed by atoms with Crippen molar-refractivity contribution in [3.63, 3.8) is 0 Å². The molecule has 0 saturated heterocycles. The average Bonchev–Trinajstić information content (AvgIpc) is 2.84. The van der Waals surface area contributed by atoms with Gasteiger partial charge in [0.05, 0.1) is 22.2 Å². The Morgan fingerprint density at radius 2 is 1.64 bits per heavy atom. The molecule has 166 valence electrons. The second-order valence-corrected chi connectivity index (χ2v) is 7.65. The third-order valence-corrected chi connectivity index (χ3v) is 5.49. The summed E-state index contributed by atoms with van der Waals surface area (Å²) in [5.74, 6) is -0.173. The molecule has 0 saturated carbocycles. The fourth-order valence-electron chi connectivity index (χ4n) is 3.84. The molecule has 3 aromatic carbocycles. The second-order valence-electron chi connectivity index (χ2n) is 7.65. The highest BCUT2D eigenvalue weighted by Gasteiger charge is 2.15. The summed E-state index contributed by atoms with van der Waals surface area (Å²) in [4.78, 5) is 39.7. The summed E-state index contributed by atoms with van der Waals surface area (Å²) in [5, 5.41) is 14.0. The summed E-state index contributed by atoms with van der Waals surface area (Å²) in [6, 6.07) is 24.1. The van der Waals surface area contributed by atoms with E-state index in [9.17, 15) is 19.7 Å². The van der Waals surface area contributed by atoms with Gasteiger partial charge in [0.1, 0.15) is 6.54 Å². The molecule has 1 heterocycles. The fourth-order valence-corrected chi connectivity index (χ4v) is 3.84. The van der Waals surface area contributed by atoms with Crippen LogP contribution in [0.4, 0.5) is 5.69 Å². The molecule has 8 heteroatoms. The second kappa shape index (κ2) is 9.86. The van der Waals surface area contributed by atoms with Gasteiger partial charge in [-0.3, -0.25) is 24.3 Å². The molecule has 0 aliphatic carbocycles. The van der Waals surface area contributed by atoms with Gasteiger partial charge in [0, 0.05) is 24.6 Å². The monoisotopic (exact) mass is 442 g/mol. The van der Waals surface area contributed by atoms with E-state index in [2.05, 4.69) is 34.6 Å². The lowest BCUT2D eigenvalue weighted by Gasteiger charge is -2.18. The quantitative estimate of drug-likeness (QED) is 0.331. The zero-order chi connectivity index (χ0) is 23.2. The van der Waals surface area contributed by atoms with Gasteiger partial charge in [-0.1, -0.05) is 60.7 Å². The van der Waals surface area contributed by atoms with Gasteiger partial charge >= 0.3 is 0 Å². The minimum atomic E-state index is -0.543. The van der Waals surface area contributed by atoms with Gasteiger partial charge in [0.2, 0.25) is 5.91 Å². The van der Waals surface area contributed by atoms with Gasteiger partial charge in [0.15, 0.2) is 0 Å². The van der Waals surface area contributed by atoms with Crippen molar-refractivity contribution in [2.24, 2.45) is 0 Å². The molecule has 8 nitrogen and oxygen atoms in total. The molecule has 0 aliphatic rings. The summed E-state index contributed by atoms with van der Waals surface area (Å²) in [5.41, 5.74) is 2.00. The number of benzene rings is 3. The fraction of sp³-hybridized carbons (Fsp3) is 0.160. The Balaban J connectivity index is 1.43.